The summed E-state index contributed by atoms with van der Waals surface area (Å²) in [5.74, 6) is -0.921. The number of hydrogen-bond acceptors (Lipinski definition) is 4. The summed E-state index contributed by atoms with van der Waals surface area (Å²) in [5, 5.41) is 11.2. The second-order valence-corrected chi connectivity index (χ2v) is 3.65. The molecule has 0 saturated carbocycles. The standard InChI is InChI=1S/C12H14FN3O2/c1-18-10(7-15)5-12(17)16-9-2-3-11(13)8(4-9)6-14/h2-4,10H,5,7,15H2,1H3,(H,16,17). The number of methoxy groups -OCH3 is 1. The molecular weight excluding hydrogens is 237 g/mol. The number of carbonyl (C=O) groups is 1. The smallest absolute Gasteiger partial charge is 0.227 e. The number of nitrogens with two attached hydrogens (primary N) is 1. The van der Waals surface area contributed by atoms with Gasteiger partial charge < -0.3 is 15.8 Å². The highest BCUT2D eigenvalue weighted by atomic mass is 19.1. The van der Waals surface area contributed by atoms with Crippen molar-refractivity contribution in [1.29, 1.82) is 5.26 Å². The van der Waals surface area contributed by atoms with Gasteiger partial charge in [0.25, 0.3) is 0 Å². The first kappa shape index (κ1) is 14.1. The van der Waals surface area contributed by atoms with Gasteiger partial charge in [-0.2, -0.15) is 5.26 Å². The first-order valence-corrected chi connectivity index (χ1v) is 5.33. The summed E-state index contributed by atoms with van der Waals surface area (Å²) < 4.78 is 18.0. The van der Waals surface area contributed by atoms with Crippen LogP contribution in [0.4, 0.5) is 10.1 Å². The van der Waals surface area contributed by atoms with Crippen LogP contribution in [-0.2, 0) is 9.53 Å². The van der Waals surface area contributed by atoms with E-state index in [4.69, 9.17) is 15.7 Å². The predicted molar refractivity (Wildman–Crippen MR) is 64.2 cm³/mol. The molecule has 0 aliphatic heterocycles. The molecule has 1 amide bonds. The lowest BCUT2D eigenvalue weighted by molar-refractivity contribution is -0.118. The molecule has 1 atom stereocenters. The normalized spacial score (nSPS) is 11.7. The highest BCUT2D eigenvalue weighted by Crippen LogP contribution is 2.14. The average molecular weight is 251 g/mol. The fourth-order valence-corrected chi connectivity index (χ4v) is 1.37. The van der Waals surface area contributed by atoms with Gasteiger partial charge in [-0.25, -0.2) is 4.39 Å². The van der Waals surface area contributed by atoms with Crippen LogP contribution in [-0.4, -0.2) is 25.7 Å². The Kier molecular flexibility index (Phi) is 5.24. The molecule has 3 N–H and O–H groups in total. The lowest BCUT2D eigenvalue weighted by atomic mass is 10.2. The maximum Gasteiger partial charge on any atom is 0.227 e. The summed E-state index contributed by atoms with van der Waals surface area (Å²) in [5.41, 5.74) is 5.64. The van der Waals surface area contributed by atoms with E-state index < -0.39 is 5.82 Å². The molecule has 6 heteroatoms. The highest BCUT2D eigenvalue weighted by molar-refractivity contribution is 5.91. The Labute approximate surface area is 104 Å². The zero-order chi connectivity index (χ0) is 13.5. The summed E-state index contributed by atoms with van der Waals surface area (Å²) >= 11 is 0. The number of nitriles is 1. The lowest BCUT2D eigenvalue weighted by Crippen LogP contribution is -2.28. The second-order valence-electron chi connectivity index (χ2n) is 3.65. The quantitative estimate of drug-likeness (QED) is 0.817. The molecule has 1 aromatic carbocycles. The molecule has 0 radical (unpaired) electrons. The monoisotopic (exact) mass is 251 g/mol. The van der Waals surface area contributed by atoms with Gasteiger partial charge in [0.2, 0.25) is 5.91 Å². The van der Waals surface area contributed by atoms with Crippen LogP contribution in [0.15, 0.2) is 18.2 Å². The van der Waals surface area contributed by atoms with Crippen LogP contribution >= 0.6 is 0 Å². The summed E-state index contributed by atoms with van der Waals surface area (Å²) in [6, 6.07) is 5.49. The van der Waals surface area contributed by atoms with E-state index in [9.17, 15) is 9.18 Å². The molecule has 0 aromatic heterocycles. The van der Waals surface area contributed by atoms with E-state index in [1.165, 1.54) is 19.2 Å². The minimum absolute atomic E-state index is 0.103. The maximum absolute atomic E-state index is 13.1. The molecule has 5 nitrogen and oxygen atoms in total. The molecule has 0 aliphatic rings. The predicted octanol–water partition coefficient (Wildman–Crippen LogP) is 1.000. The number of rotatable bonds is 5. The van der Waals surface area contributed by atoms with Crippen molar-refractivity contribution in [2.24, 2.45) is 5.73 Å². The Morgan fingerprint density at radius 3 is 2.94 bits per heavy atom. The zero-order valence-corrected chi connectivity index (χ0v) is 9.94. The first-order chi connectivity index (χ1) is 8.60. The third-order valence-electron chi connectivity index (χ3n) is 2.38. The number of carbonyl (C=O) groups excluding carboxylic acids is 1. The molecule has 0 spiro atoms. The van der Waals surface area contributed by atoms with Gasteiger partial charge in [0.15, 0.2) is 0 Å². The van der Waals surface area contributed by atoms with Crippen molar-refractivity contribution >= 4 is 11.6 Å². The van der Waals surface area contributed by atoms with Crippen molar-refractivity contribution < 1.29 is 13.9 Å². The number of nitrogens with one attached hydrogen (secondary N) is 1. The number of ether oxygens (including phenoxy) is 1. The molecule has 1 unspecified atom stereocenters. The fourth-order valence-electron chi connectivity index (χ4n) is 1.37. The Morgan fingerprint density at radius 1 is 1.67 bits per heavy atom. The van der Waals surface area contributed by atoms with E-state index in [2.05, 4.69) is 5.32 Å². The van der Waals surface area contributed by atoms with Crippen molar-refractivity contribution in [3.8, 4) is 6.07 Å². The molecule has 0 heterocycles. The molecule has 18 heavy (non-hydrogen) atoms. The summed E-state index contributed by atoms with van der Waals surface area (Å²) in [6.07, 6.45) is -0.257. The van der Waals surface area contributed by atoms with Crippen LogP contribution in [0.3, 0.4) is 0 Å². The summed E-state index contributed by atoms with van der Waals surface area (Å²) in [6.45, 7) is 0.233. The molecule has 0 aliphatic carbocycles. The van der Waals surface area contributed by atoms with E-state index >= 15 is 0 Å². The Hall–Kier alpha value is -1.97. The van der Waals surface area contributed by atoms with E-state index in [-0.39, 0.29) is 30.5 Å². The van der Waals surface area contributed by atoms with E-state index in [1.807, 2.05) is 0 Å². The van der Waals surface area contributed by atoms with Gasteiger partial charge >= 0.3 is 0 Å². The number of anilines is 1. The van der Waals surface area contributed by atoms with Crippen molar-refractivity contribution in [2.45, 2.75) is 12.5 Å². The maximum atomic E-state index is 13.1. The lowest BCUT2D eigenvalue weighted by Gasteiger charge is -2.12. The van der Waals surface area contributed by atoms with Gasteiger partial charge in [-0.05, 0) is 18.2 Å². The number of halogens is 1. The molecule has 0 bridgehead atoms. The SMILES string of the molecule is COC(CN)CC(=O)Nc1ccc(F)c(C#N)c1. The molecule has 1 aromatic rings. The average Bonchev–Trinajstić information content (AvgIpc) is 2.38. The molecule has 0 saturated heterocycles. The van der Waals surface area contributed by atoms with Gasteiger partial charge in [0.1, 0.15) is 11.9 Å². The van der Waals surface area contributed by atoms with Crippen LogP contribution in [0, 0.1) is 17.1 Å². The molecule has 0 fully saturated rings. The minimum atomic E-state index is -0.618. The van der Waals surface area contributed by atoms with Gasteiger partial charge in [0.05, 0.1) is 18.1 Å². The van der Waals surface area contributed by atoms with E-state index in [0.29, 0.717) is 5.69 Å². The molecular formula is C12H14FN3O2. The fraction of sp³-hybridized carbons (Fsp3) is 0.333. The van der Waals surface area contributed by atoms with Gasteiger partial charge in [-0.1, -0.05) is 0 Å². The van der Waals surface area contributed by atoms with Crippen LogP contribution in [0.2, 0.25) is 0 Å². The largest absolute Gasteiger partial charge is 0.380 e. The third kappa shape index (κ3) is 3.80. The van der Waals surface area contributed by atoms with Crippen molar-refractivity contribution in [1.82, 2.24) is 0 Å². The number of benzene rings is 1. The van der Waals surface area contributed by atoms with Crippen LogP contribution in [0.25, 0.3) is 0 Å². The third-order valence-corrected chi connectivity index (χ3v) is 2.38. The molecule has 1 rings (SSSR count). The van der Waals surface area contributed by atoms with Crippen LogP contribution in [0.1, 0.15) is 12.0 Å². The van der Waals surface area contributed by atoms with Gasteiger partial charge in [0, 0.05) is 19.3 Å². The summed E-state index contributed by atoms with van der Waals surface area (Å²) in [7, 11) is 1.47. The van der Waals surface area contributed by atoms with Crippen molar-refractivity contribution in [2.75, 3.05) is 19.0 Å². The Balaban J connectivity index is 2.68. The van der Waals surface area contributed by atoms with Gasteiger partial charge in [-0.3, -0.25) is 4.79 Å². The highest BCUT2D eigenvalue weighted by Gasteiger charge is 2.12. The zero-order valence-electron chi connectivity index (χ0n) is 9.94. The van der Waals surface area contributed by atoms with Crippen LogP contribution in [0.5, 0.6) is 0 Å². The van der Waals surface area contributed by atoms with E-state index in [1.54, 1.807) is 6.07 Å². The number of nitrogens with zero attached hydrogens (tertiary/aromatic N) is 1. The Morgan fingerprint density at radius 2 is 2.39 bits per heavy atom. The van der Waals surface area contributed by atoms with Crippen molar-refractivity contribution in [3.63, 3.8) is 0 Å². The number of hydrogen-bond donors (Lipinski definition) is 2. The van der Waals surface area contributed by atoms with E-state index in [0.717, 1.165) is 6.07 Å². The van der Waals surface area contributed by atoms with Crippen molar-refractivity contribution in [3.05, 3.63) is 29.6 Å². The van der Waals surface area contributed by atoms with Crippen LogP contribution < -0.4 is 11.1 Å². The topological polar surface area (TPSA) is 88.1 Å². The Bertz CT molecular complexity index is 467. The minimum Gasteiger partial charge on any atom is -0.380 e. The second kappa shape index (κ2) is 6.69. The molecule has 96 valence electrons. The van der Waals surface area contributed by atoms with Gasteiger partial charge in [-0.15, -0.1) is 0 Å². The number of amides is 1. The summed E-state index contributed by atoms with van der Waals surface area (Å²) in [4.78, 5) is 11.6. The first-order valence-electron chi connectivity index (χ1n) is 5.33.